The summed E-state index contributed by atoms with van der Waals surface area (Å²) in [6.07, 6.45) is 27.4. The minimum absolute atomic E-state index is 0.0779. The van der Waals surface area contributed by atoms with Crippen LogP contribution in [0.5, 0.6) is 0 Å². The minimum atomic E-state index is -1.55. The van der Waals surface area contributed by atoms with Gasteiger partial charge in [-0.3, -0.25) is 4.79 Å². The van der Waals surface area contributed by atoms with Crippen molar-refractivity contribution >= 4 is 22.7 Å². The van der Waals surface area contributed by atoms with Gasteiger partial charge in [-0.25, -0.2) is 4.79 Å². The molecule has 87 heavy (non-hydrogen) atoms. The molecule has 7 saturated carbocycles. The van der Waals surface area contributed by atoms with Crippen molar-refractivity contribution in [1.82, 2.24) is 0 Å². The number of esters is 2. The zero-order valence-corrected chi connectivity index (χ0v) is 54.0. The molecule has 19 unspecified atom stereocenters. The van der Waals surface area contributed by atoms with Crippen molar-refractivity contribution in [1.29, 1.82) is 0 Å². The maximum Gasteiger partial charge on any atom is 0.331 e. The minimum Gasteiger partial charge on any atom is -0.462 e. The fourth-order valence-corrected chi connectivity index (χ4v) is 24.7. The quantitative estimate of drug-likeness (QED) is 0.0903. The third-order valence-electron chi connectivity index (χ3n) is 28.2. The summed E-state index contributed by atoms with van der Waals surface area (Å²) in [5.41, 5.74) is 6.17. The van der Waals surface area contributed by atoms with Gasteiger partial charge in [-0.1, -0.05) is 158 Å². The smallest absolute Gasteiger partial charge is 0.331 e. The Bertz CT molecular complexity index is 3220. The van der Waals surface area contributed by atoms with E-state index < -0.39 is 46.6 Å². The predicted molar refractivity (Wildman–Crippen MR) is 347 cm³/mol. The molecular formula is C80H106O7. The fourth-order valence-electron chi connectivity index (χ4n) is 24.7. The van der Waals surface area contributed by atoms with Gasteiger partial charge >= 0.3 is 11.9 Å². The maximum atomic E-state index is 14.3. The van der Waals surface area contributed by atoms with E-state index in [4.69, 9.17) is 9.47 Å². The summed E-state index contributed by atoms with van der Waals surface area (Å²) in [5.74, 6) is 2.33. The molecule has 468 valence electrons. The molecule has 0 bridgehead atoms. The van der Waals surface area contributed by atoms with Gasteiger partial charge in [-0.2, -0.15) is 0 Å². The number of hydrogen-bond donors (Lipinski definition) is 3. The molecule has 7 nitrogen and oxygen atoms in total. The Morgan fingerprint density at radius 2 is 1.57 bits per heavy atom. The number of ether oxygens (including phenoxy) is 2. The van der Waals surface area contributed by atoms with Gasteiger partial charge in [0.05, 0.1) is 23.2 Å². The second-order valence-corrected chi connectivity index (χ2v) is 32.8. The Kier molecular flexibility index (Phi) is 15.8. The van der Waals surface area contributed by atoms with E-state index in [1.54, 1.807) is 33.7 Å². The van der Waals surface area contributed by atoms with Crippen molar-refractivity contribution in [3.8, 4) is 0 Å². The van der Waals surface area contributed by atoms with E-state index >= 15 is 0 Å². The molecule has 4 aromatic rings. The van der Waals surface area contributed by atoms with Gasteiger partial charge in [0.25, 0.3) is 0 Å². The van der Waals surface area contributed by atoms with Crippen LogP contribution in [-0.2, 0) is 30.9 Å². The summed E-state index contributed by atoms with van der Waals surface area (Å²) in [6.45, 7) is 13.4. The van der Waals surface area contributed by atoms with Gasteiger partial charge in [-0.15, -0.1) is 0 Å². The van der Waals surface area contributed by atoms with Crippen LogP contribution in [-0.4, -0.2) is 57.8 Å². The summed E-state index contributed by atoms with van der Waals surface area (Å²) in [6, 6.07) is 35.3. The highest BCUT2D eigenvalue weighted by Crippen LogP contribution is 2.83. The first-order chi connectivity index (χ1) is 41.9. The van der Waals surface area contributed by atoms with Crippen LogP contribution in [0.3, 0.4) is 0 Å². The van der Waals surface area contributed by atoms with Crippen molar-refractivity contribution in [3.63, 3.8) is 0 Å². The van der Waals surface area contributed by atoms with Gasteiger partial charge in [0.2, 0.25) is 0 Å². The van der Waals surface area contributed by atoms with Crippen LogP contribution in [0.15, 0.2) is 103 Å². The average Bonchev–Trinajstić information content (AvgIpc) is 1.62. The van der Waals surface area contributed by atoms with Crippen molar-refractivity contribution in [2.75, 3.05) is 6.61 Å². The van der Waals surface area contributed by atoms with Gasteiger partial charge in [0.15, 0.2) is 0 Å². The number of aryl methyl sites for hydroxylation is 1. The lowest BCUT2D eigenvalue weighted by atomic mass is 9.36. The molecular weight excluding hydrogens is 1070 g/mol. The van der Waals surface area contributed by atoms with E-state index in [0.29, 0.717) is 60.7 Å². The Morgan fingerprint density at radius 1 is 0.770 bits per heavy atom. The summed E-state index contributed by atoms with van der Waals surface area (Å²) in [5, 5.41) is 44.5. The number of carbonyl (C=O) groups is 2. The zero-order valence-electron chi connectivity index (χ0n) is 54.0. The topological polar surface area (TPSA) is 113 Å². The average molecular weight is 1180 g/mol. The molecule has 3 spiro atoms. The van der Waals surface area contributed by atoms with Crippen LogP contribution >= 0.6 is 0 Å². The zero-order chi connectivity index (χ0) is 60.3. The third kappa shape index (κ3) is 9.67. The lowest BCUT2D eigenvalue weighted by Crippen LogP contribution is -2.77. The summed E-state index contributed by atoms with van der Waals surface area (Å²) >= 11 is 0. The van der Waals surface area contributed by atoms with Crippen LogP contribution < -0.4 is 0 Å². The van der Waals surface area contributed by atoms with E-state index in [2.05, 4.69) is 126 Å². The monoisotopic (exact) mass is 1180 g/mol. The first-order valence-electron chi connectivity index (χ1n) is 35.6. The van der Waals surface area contributed by atoms with Crippen molar-refractivity contribution in [3.05, 3.63) is 130 Å². The summed E-state index contributed by atoms with van der Waals surface area (Å²) in [4.78, 5) is 26.4. The van der Waals surface area contributed by atoms with Crippen LogP contribution in [0, 0.1) is 68.5 Å². The van der Waals surface area contributed by atoms with E-state index in [-0.39, 0.29) is 47.1 Å². The van der Waals surface area contributed by atoms with E-state index in [1.807, 2.05) is 0 Å². The molecule has 7 heteroatoms. The second-order valence-electron chi connectivity index (χ2n) is 32.8. The van der Waals surface area contributed by atoms with Gasteiger partial charge < -0.3 is 24.8 Å². The molecule has 1 aliphatic heterocycles. The molecule has 0 radical (unpaired) electrons. The molecule has 0 aromatic heterocycles. The highest BCUT2D eigenvalue weighted by atomic mass is 16.5. The van der Waals surface area contributed by atoms with Crippen molar-refractivity contribution in [2.24, 2.45) is 68.5 Å². The summed E-state index contributed by atoms with van der Waals surface area (Å²) < 4.78 is 12.2. The number of cyclic esters (lactones) is 1. The van der Waals surface area contributed by atoms with Crippen LogP contribution in [0.4, 0.5) is 0 Å². The molecule has 4 aromatic carbocycles. The van der Waals surface area contributed by atoms with E-state index in [1.165, 1.54) is 108 Å². The first-order valence-corrected chi connectivity index (χ1v) is 35.6. The Labute approximate surface area is 522 Å². The van der Waals surface area contributed by atoms with Gasteiger partial charge in [-0.05, 0) is 260 Å². The molecule has 0 saturated heterocycles. The molecule has 7 fully saturated rings. The lowest BCUT2D eigenvalue weighted by Gasteiger charge is -2.70. The SMILES string of the molecule is CC(=O)OC1CC(C)C(O)(CCC2=CC(=O)OC2)C2(C(O)CCC(C)CCCc3ccccc3)C(O)CCC(C)(C3CCC45CC6(CCC7(CCC(CCC(C)C)C7)C6)C6CC7(c8ccccc8)CCCCC7c7ccc8cccc(c8c7C64)C5C3)C12. The van der Waals surface area contributed by atoms with E-state index in [0.717, 1.165) is 68.8 Å². The van der Waals surface area contributed by atoms with Crippen molar-refractivity contribution < 1.29 is 34.4 Å². The highest BCUT2D eigenvalue weighted by Gasteiger charge is 2.77. The number of rotatable bonds is 17. The molecule has 14 rings (SSSR count). The fraction of sp³-hybridized carbons (Fsp3) is 0.675. The van der Waals surface area contributed by atoms with Gasteiger partial charge in [0, 0.05) is 24.3 Å². The van der Waals surface area contributed by atoms with Crippen LogP contribution in [0.1, 0.15) is 254 Å². The second kappa shape index (κ2) is 22.8. The van der Waals surface area contributed by atoms with Crippen molar-refractivity contribution in [2.45, 2.75) is 262 Å². The molecule has 9 aliphatic carbocycles. The number of hydrogen-bond acceptors (Lipinski definition) is 7. The molecule has 19 atom stereocenters. The highest BCUT2D eigenvalue weighted by molar-refractivity contribution is 5.93. The number of benzene rings is 4. The largest absolute Gasteiger partial charge is 0.462 e. The number of fused-ring (bicyclic) bond motifs is 5. The molecule has 1 heterocycles. The normalized spacial score (nSPS) is 40.6. The molecule has 0 amide bonds. The Balaban J connectivity index is 0.884. The third-order valence-corrected chi connectivity index (χ3v) is 28.2. The standard InChI is InChI=1S/C80H106O7/c1-51(2)26-28-56-32-38-75(46-56)41-42-76(49-75)50-78-39-34-60(45-64(78)61-24-16-21-58-29-30-62-63-25-13-14-36-77(63,59-22-11-8-12-23-59)47-65(76)72(78)71(62)70(58)61)74(6)37-35-68(83)80(67(82)31-27-52(3)17-15-20-55-18-9-7-10-19-55)73(74)66(87-54(5)81)43-53(4)79(80,85)40-33-57-44-69(84)86-48-57/h7-12,16,18-19,21-24,29-30,44,51-53,56,60,63-68,72-73,82-83,85H,13-15,17,20,25-28,31-43,45-50H2,1-6H3. The molecule has 3 N–H and O–H groups in total. The number of carbonyl (C=O) groups excluding carboxylic acids is 2. The first kappa shape index (κ1) is 60.3. The lowest BCUT2D eigenvalue weighted by molar-refractivity contribution is -0.327. The Hall–Kier alpha value is -4.30. The van der Waals surface area contributed by atoms with E-state index in [9.17, 15) is 24.9 Å². The predicted octanol–water partition coefficient (Wildman–Crippen LogP) is 17.7. The number of aliphatic hydroxyl groups is 3. The summed E-state index contributed by atoms with van der Waals surface area (Å²) in [7, 11) is 0. The molecule has 10 aliphatic rings. The van der Waals surface area contributed by atoms with Gasteiger partial charge in [0.1, 0.15) is 12.7 Å². The van der Waals surface area contributed by atoms with Crippen LogP contribution in [0.2, 0.25) is 0 Å². The van der Waals surface area contributed by atoms with Crippen LogP contribution in [0.25, 0.3) is 10.8 Å². The number of aliphatic hydroxyl groups excluding tert-OH is 2. The Morgan fingerprint density at radius 3 is 2.34 bits per heavy atom. The maximum absolute atomic E-state index is 14.3.